The first-order valence-electron chi connectivity index (χ1n) is 10.0. The number of fused-ring (bicyclic) bond motifs is 1. The van der Waals surface area contributed by atoms with E-state index in [0.29, 0.717) is 24.3 Å². The molecule has 0 bridgehead atoms. The minimum atomic E-state index is -3.09. The molecule has 1 aromatic carbocycles. The van der Waals surface area contributed by atoms with Crippen LogP contribution in [0, 0.1) is 11.8 Å². The van der Waals surface area contributed by atoms with Crippen LogP contribution in [0.3, 0.4) is 0 Å². The Balaban J connectivity index is 1.54. The maximum Gasteiger partial charge on any atom is 0.225 e. The highest BCUT2D eigenvalue weighted by Crippen LogP contribution is 2.29. The van der Waals surface area contributed by atoms with Gasteiger partial charge >= 0.3 is 0 Å². The smallest absolute Gasteiger partial charge is 0.225 e. The van der Waals surface area contributed by atoms with E-state index < -0.39 is 10.0 Å². The van der Waals surface area contributed by atoms with E-state index in [1.807, 2.05) is 43.3 Å². The van der Waals surface area contributed by atoms with Crippen molar-refractivity contribution in [2.24, 2.45) is 11.8 Å². The van der Waals surface area contributed by atoms with Gasteiger partial charge in [-0.05, 0) is 56.6 Å². The van der Waals surface area contributed by atoms with Crippen LogP contribution >= 0.6 is 0 Å². The Kier molecular flexibility index (Phi) is 6.72. The molecular formula is C20H31N5O2S. The van der Waals surface area contributed by atoms with E-state index in [-0.39, 0.29) is 5.75 Å². The molecule has 154 valence electrons. The van der Waals surface area contributed by atoms with Crippen LogP contribution in [0.5, 0.6) is 0 Å². The predicted octanol–water partition coefficient (Wildman–Crippen LogP) is 2.85. The SMILES string of the molecule is CCS(=O)(=O)NC[C@H]1CC[C@H](CNc2nc(N(C)C)c3ccccc3n2)CC1. The lowest BCUT2D eigenvalue weighted by Crippen LogP contribution is -2.33. The summed E-state index contributed by atoms with van der Waals surface area (Å²) in [5.41, 5.74) is 0.940. The van der Waals surface area contributed by atoms with E-state index in [0.717, 1.165) is 48.9 Å². The third-order valence-electron chi connectivity index (χ3n) is 5.49. The number of nitrogens with one attached hydrogen (secondary N) is 2. The van der Waals surface area contributed by atoms with Gasteiger partial charge in [0.1, 0.15) is 5.82 Å². The first-order valence-corrected chi connectivity index (χ1v) is 11.7. The Bertz CT molecular complexity index is 893. The lowest BCUT2D eigenvalue weighted by molar-refractivity contribution is 0.284. The molecule has 0 atom stereocenters. The van der Waals surface area contributed by atoms with Gasteiger partial charge in [0, 0.05) is 32.6 Å². The lowest BCUT2D eigenvalue weighted by Gasteiger charge is -2.28. The van der Waals surface area contributed by atoms with Gasteiger partial charge in [-0.1, -0.05) is 12.1 Å². The average molecular weight is 406 g/mol. The summed E-state index contributed by atoms with van der Waals surface area (Å²) in [7, 11) is 0.895. The summed E-state index contributed by atoms with van der Waals surface area (Å²) in [6, 6.07) is 8.05. The summed E-state index contributed by atoms with van der Waals surface area (Å²) in [6.45, 7) is 3.08. The number of rotatable bonds is 8. The molecule has 2 aromatic rings. The fraction of sp³-hybridized carbons (Fsp3) is 0.600. The molecule has 1 aliphatic rings. The molecule has 1 fully saturated rings. The van der Waals surface area contributed by atoms with E-state index in [9.17, 15) is 8.42 Å². The van der Waals surface area contributed by atoms with Gasteiger partial charge in [-0.25, -0.2) is 18.1 Å². The summed E-state index contributed by atoms with van der Waals surface area (Å²) in [5, 5.41) is 4.47. The van der Waals surface area contributed by atoms with Crippen molar-refractivity contribution in [2.45, 2.75) is 32.6 Å². The molecular weight excluding hydrogens is 374 g/mol. The van der Waals surface area contributed by atoms with Gasteiger partial charge in [-0.15, -0.1) is 0 Å². The minimum absolute atomic E-state index is 0.146. The van der Waals surface area contributed by atoms with E-state index >= 15 is 0 Å². The first kappa shape index (κ1) is 20.8. The van der Waals surface area contributed by atoms with Crippen molar-refractivity contribution in [1.29, 1.82) is 0 Å². The van der Waals surface area contributed by atoms with Crippen molar-refractivity contribution in [3.8, 4) is 0 Å². The van der Waals surface area contributed by atoms with Crippen molar-refractivity contribution in [2.75, 3.05) is 43.2 Å². The molecule has 28 heavy (non-hydrogen) atoms. The van der Waals surface area contributed by atoms with E-state index in [1.54, 1.807) is 6.92 Å². The number of aromatic nitrogens is 2. The second-order valence-corrected chi connectivity index (χ2v) is 9.90. The summed E-state index contributed by atoms with van der Waals surface area (Å²) < 4.78 is 25.9. The van der Waals surface area contributed by atoms with Crippen molar-refractivity contribution in [3.05, 3.63) is 24.3 Å². The highest BCUT2D eigenvalue weighted by Gasteiger charge is 2.22. The standard InChI is InChI=1S/C20H31N5O2S/c1-4-28(26,27)22-14-16-11-9-15(10-12-16)13-21-20-23-18-8-6-5-7-17(18)19(24-20)25(2)3/h5-8,15-16,22H,4,9-14H2,1-3H3,(H,21,23,24)/t15-,16-. The molecule has 0 unspecified atom stereocenters. The second kappa shape index (κ2) is 9.05. The molecule has 2 N–H and O–H groups in total. The van der Waals surface area contributed by atoms with Crippen LogP contribution in [0.1, 0.15) is 32.6 Å². The molecule has 1 heterocycles. The zero-order valence-corrected chi connectivity index (χ0v) is 17.8. The number of anilines is 2. The molecule has 1 aliphatic carbocycles. The maximum absolute atomic E-state index is 11.6. The fourth-order valence-electron chi connectivity index (χ4n) is 3.70. The van der Waals surface area contributed by atoms with Crippen molar-refractivity contribution in [3.63, 3.8) is 0 Å². The highest BCUT2D eigenvalue weighted by atomic mass is 32.2. The zero-order valence-electron chi connectivity index (χ0n) is 17.0. The molecule has 0 spiro atoms. The number of sulfonamides is 1. The second-order valence-electron chi connectivity index (χ2n) is 7.80. The van der Waals surface area contributed by atoms with Crippen molar-refractivity contribution >= 4 is 32.7 Å². The monoisotopic (exact) mass is 405 g/mol. The normalized spacial score (nSPS) is 20.2. The molecule has 0 saturated heterocycles. The number of nitrogens with zero attached hydrogens (tertiary/aromatic N) is 3. The topological polar surface area (TPSA) is 87.2 Å². The van der Waals surface area contributed by atoms with Crippen molar-refractivity contribution < 1.29 is 8.42 Å². The van der Waals surface area contributed by atoms with Crippen LogP contribution in [0.2, 0.25) is 0 Å². The molecule has 1 saturated carbocycles. The van der Waals surface area contributed by atoms with E-state index in [4.69, 9.17) is 4.98 Å². The van der Waals surface area contributed by atoms with Gasteiger partial charge in [0.2, 0.25) is 16.0 Å². The number of para-hydroxylation sites is 1. The maximum atomic E-state index is 11.6. The van der Waals surface area contributed by atoms with Crippen LogP contribution in [-0.2, 0) is 10.0 Å². The van der Waals surface area contributed by atoms with Crippen LogP contribution < -0.4 is 14.9 Å². The fourth-order valence-corrected chi connectivity index (χ4v) is 4.40. The molecule has 7 nitrogen and oxygen atoms in total. The highest BCUT2D eigenvalue weighted by molar-refractivity contribution is 7.89. The number of hydrogen-bond donors (Lipinski definition) is 2. The first-order chi connectivity index (χ1) is 13.4. The third kappa shape index (κ3) is 5.32. The molecule has 0 radical (unpaired) electrons. The quantitative estimate of drug-likeness (QED) is 0.702. The Hall–Kier alpha value is -1.93. The number of hydrogen-bond acceptors (Lipinski definition) is 6. The van der Waals surface area contributed by atoms with Gasteiger partial charge in [-0.3, -0.25) is 0 Å². The zero-order chi connectivity index (χ0) is 20.1. The van der Waals surface area contributed by atoms with Gasteiger partial charge in [0.25, 0.3) is 0 Å². The van der Waals surface area contributed by atoms with Crippen LogP contribution in [0.4, 0.5) is 11.8 Å². The largest absolute Gasteiger partial charge is 0.362 e. The lowest BCUT2D eigenvalue weighted by atomic mass is 9.82. The molecule has 3 rings (SSSR count). The van der Waals surface area contributed by atoms with Crippen LogP contribution in [-0.4, -0.2) is 51.3 Å². The summed E-state index contributed by atoms with van der Waals surface area (Å²) >= 11 is 0. The third-order valence-corrected chi connectivity index (χ3v) is 6.86. The Morgan fingerprint density at radius 3 is 2.32 bits per heavy atom. The van der Waals surface area contributed by atoms with E-state index in [2.05, 4.69) is 15.0 Å². The Morgan fingerprint density at radius 1 is 1.04 bits per heavy atom. The van der Waals surface area contributed by atoms with Gasteiger partial charge in [-0.2, -0.15) is 4.98 Å². The Labute approximate surface area is 168 Å². The molecule has 8 heteroatoms. The summed E-state index contributed by atoms with van der Waals surface area (Å²) in [5.74, 6) is 2.74. The predicted molar refractivity (Wildman–Crippen MR) is 115 cm³/mol. The van der Waals surface area contributed by atoms with Crippen LogP contribution in [0.15, 0.2) is 24.3 Å². The summed E-state index contributed by atoms with van der Waals surface area (Å²) in [6.07, 6.45) is 4.31. The van der Waals surface area contributed by atoms with Crippen LogP contribution in [0.25, 0.3) is 10.9 Å². The molecule has 0 amide bonds. The van der Waals surface area contributed by atoms with Gasteiger partial charge in [0.15, 0.2) is 0 Å². The van der Waals surface area contributed by atoms with Gasteiger partial charge in [0.05, 0.1) is 11.3 Å². The van der Waals surface area contributed by atoms with E-state index in [1.165, 1.54) is 0 Å². The summed E-state index contributed by atoms with van der Waals surface area (Å²) in [4.78, 5) is 11.4. The number of benzene rings is 1. The Morgan fingerprint density at radius 2 is 1.68 bits per heavy atom. The van der Waals surface area contributed by atoms with Gasteiger partial charge < -0.3 is 10.2 Å². The minimum Gasteiger partial charge on any atom is -0.362 e. The van der Waals surface area contributed by atoms with Crippen molar-refractivity contribution in [1.82, 2.24) is 14.7 Å². The molecule has 0 aliphatic heterocycles. The average Bonchev–Trinajstić information content (AvgIpc) is 2.70. The molecule has 1 aromatic heterocycles.